The summed E-state index contributed by atoms with van der Waals surface area (Å²) >= 11 is 0. The minimum atomic E-state index is 0.101. The molecule has 1 saturated carbocycles. The number of carbonyl (C=O) groups is 1. The lowest BCUT2D eigenvalue weighted by atomic mass is 10.0. The summed E-state index contributed by atoms with van der Waals surface area (Å²) < 4.78 is 0. The molecular weight excluding hydrogens is 150 g/mol. The SMILES string of the molecule is CC.CC(=O)NC1(C)CCCC1. The zero-order valence-electron chi connectivity index (χ0n) is 8.74. The molecule has 0 aromatic rings. The van der Waals surface area contributed by atoms with E-state index in [1.165, 1.54) is 12.8 Å². The zero-order valence-corrected chi connectivity index (χ0v) is 8.74. The molecule has 0 spiro atoms. The highest BCUT2D eigenvalue weighted by atomic mass is 16.1. The quantitative estimate of drug-likeness (QED) is 0.645. The van der Waals surface area contributed by atoms with Gasteiger partial charge in [0.1, 0.15) is 0 Å². The van der Waals surface area contributed by atoms with Crippen LogP contribution in [0.15, 0.2) is 0 Å². The average molecular weight is 171 g/mol. The summed E-state index contributed by atoms with van der Waals surface area (Å²) in [6.07, 6.45) is 4.81. The summed E-state index contributed by atoms with van der Waals surface area (Å²) in [6, 6.07) is 0. The lowest BCUT2D eigenvalue weighted by Gasteiger charge is -2.23. The number of carbonyl (C=O) groups excluding carboxylic acids is 1. The van der Waals surface area contributed by atoms with Crippen molar-refractivity contribution in [2.75, 3.05) is 0 Å². The summed E-state index contributed by atoms with van der Waals surface area (Å²) in [7, 11) is 0. The summed E-state index contributed by atoms with van der Waals surface area (Å²) in [6.45, 7) is 7.71. The first-order chi connectivity index (χ1) is 5.62. The summed E-state index contributed by atoms with van der Waals surface area (Å²) in [4.78, 5) is 10.7. The van der Waals surface area contributed by atoms with Crippen LogP contribution in [0.4, 0.5) is 0 Å². The van der Waals surface area contributed by atoms with Gasteiger partial charge in [-0.1, -0.05) is 26.7 Å². The van der Waals surface area contributed by atoms with E-state index >= 15 is 0 Å². The van der Waals surface area contributed by atoms with Gasteiger partial charge in [0, 0.05) is 12.5 Å². The Morgan fingerprint density at radius 1 is 1.25 bits per heavy atom. The van der Waals surface area contributed by atoms with Gasteiger partial charge in [-0.25, -0.2) is 0 Å². The van der Waals surface area contributed by atoms with Crippen LogP contribution in [0.2, 0.25) is 0 Å². The predicted octanol–water partition coefficient (Wildman–Crippen LogP) is 2.48. The Hall–Kier alpha value is -0.530. The Kier molecular flexibility index (Phi) is 4.95. The van der Waals surface area contributed by atoms with Crippen LogP contribution in [-0.2, 0) is 4.79 Å². The van der Waals surface area contributed by atoms with Crippen LogP contribution in [0.1, 0.15) is 53.4 Å². The molecule has 2 nitrogen and oxygen atoms in total. The molecular formula is C10H21NO. The lowest BCUT2D eigenvalue weighted by Crippen LogP contribution is -2.42. The molecule has 1 aliphatic rings. The van der Waals surface area contributed by atoms with Crippen LogP contribution < -0.4 is 5.32 Å². The van der Waals surface area contributed by atoms with Crippen molar-refractivity contribution in [3.05, 3.63) is 0 Å². The smallest absolute Gasteiger partial charge is 0.217 e. The van der Waals surface area contributed by atoms with Crippen LogP contribution in [0, 0.1) is 0 Å². The van der Waals surface area contributed by atoms with Crippen molar-refractivity contribution in [2.45, 2.75) is 58.9 Å². The maximum absolute atomic E-state index is 10.7. The largest absolute Gasteiger partial charge is 0.351 e. The molecule has 72 valence electrons. The van der Waals surface area contributed by atoms with Gasteiger partial charge in [0.25, 0.3) is 0 Å². The first kappa shape index (κ1) is 11.5. The molecule has 0 aromatic heterocycles. The lowest BCUT2D eigenvalue weighted by molar-refractivity contribution is -0.120. The van der Waals surface area contributed by atoms with E-state index in [9.17, 15) is 4.79 Å². The second-order valence-corrected chi connectivity index (χ2v) is 3.45. The fourth-order valence-corrected chi connectivity index (χ4v) is 1.71. The minimum absolute atomic E-state index is 0.101. The molecule has 12 heavy (non-hydrogen) atoms. The highest BCUT2D eigenvalue weighted by Gasteiger charge is 2.28. The van der Waals surface area contributed by atoms with Crippen molar-refractivity contribution in [1.82, 2.24) is 5.32 Å². The Morgan fingerprint density at radius 2 is 1.67 bits per heavy atom. The molecule has 0 radical (unpaired) electrons. The fourth-order valence-electron chi connectivity index (χ4n) is 1.71. The molecule has 0 heterocycles. The van der Waals surface area contributed by atoms with Gasteiger partial charge < -0.3 is 5.32 Å². The third-order valence-corrected chi connectivity index (χ3v) is 2.18. The third-order valence-electron chi connectivity index (χ3n) is 2.18. The standard InChI is InChI=1S/C8H15NO.C2H6/c1-7(10)9-8(2)5-3-4-6-8;1-2/h3-6H2,1-2H3,(H,9,10);1-2H3. The monoisotopic (exact) mass is 171 g/mol. The topological polar surface area (TPSA) is 29.1 Å². The second-order valence-electron chi connectivity index (χ2n) is 3.45. The molecule has 0 atom stereocenters. The minimum Gasteiger partial charge on any atom is -0.351 e. The van der Waals surface area contributed by atoms with Crippen molar-refractivity contribution in [2.24, 2.45) is 0 Å². The highest BCUT2D eigenvalue weighted by molar-refractivity contribution is 5.73. The highest BCUT2D eigenvalue weighted by Crippen LogP contribution is 2.28. The van der Waals surface area contributed by atoms with Gasteiger partial charge in [0.05, 0.1) is 0 Å². The van der Waals surface area contributed by atoms with E-state index in [0.717, 1.165) is 12.8 Å². The van der Waals surface area contributed by atoms with E-state index in [2.05, 4.69) is 12.2 Å². The van der Waals surface area contributed by atoms with Gasteiger partial charge in [-0.05, 0) is 19.8 Å². The Morgan fingerprint density at radius 3 is 2.00 bits per heavy atom. The molecule has 0 saturated heterocycles. The molecule has 1 fully saturated rings. The van der Waals surface area contributed by atoms with E-state index in [0.29, 0.717) is 0 Å². The van der Waals surface area contributed by atoms with Gasteiger partial charge in [-0.2, -0.15) is 0 Å². The first-order valence-corrected chi connectivity index (χ1v) is 4.91. The van der Waals surface area contributed by atoms with Crippen molar-refractivity contribution in [1.29, 1.82) is 0 Å². The van der Waals surface area contributed by atoms with Gasteiger partial charge >= 0.3 is 0 Å². The molecule has 0 aliphatic heterocycles. The summed E-state index contributed by atoms with van der Waals surface area (Å²) in [5, 5.41) is 2.98. The second kappa shape index (κ2) is 5.18. The Labute approximate surface area is 75.7 Å². The molecule has 0 bridgehead atoms. The van der Waals surface area contributed by atoms with Crippen molar-refractivity contribution < 1.29 is 4.79 Å². The van der Waals surface area contributed by atoms with Crippen LogP contribution in [-0.4, -0.2) is 11.4 Å². The Bertz CT molecular complexity index is 137. The van der Waals surface area contributed by atoms with Crippen LogP contribution in [0.3, 0.4) is 0 Å². The normalized spacial score (nSPS) is 19.3. The van der Waals surface area contributed by atoms with Crippen LogP contribution in [0.5, 0.6) is 0 Å². The maximum atomic E-state index is 10.7. The molecule has 0 aromatic carbocycles. The number of rotatable bonds is 1. The molecule has 1 amide bonds. The van der Waals surface area contributed by atoms with Crippen LogP contribution >= 0.6 is 0 Å². The van der Waals surface area contributed by atoms with E-state index in [1.54, 1.807) is 6.92 Å². The van der Waals surface area contributed by atoms with Crippen molar-refractivity contribution in [3.63, 3.8) is 0 Å². The van der Waals surface area contributed by atoms with E-state index in [1.807, 2.05) is 13.8 Å². The molecule has 0 unspecified atom stereocenters. The number of nitrogens with one attached hydrogen (secondary N) is 1. The van der Waals surface area contributed by atoms with Gasteiger partial charge in [0.15, 0.2) is 0 Å². The summed E-state index contributed by atoms with van der Waals surface area (Å²) in [5.74, 6) is 0.101. The Balaban J connectivity index is 0.000000561. The fraction of sp³-hybridized carbons (Fsp3) is 0.900. The third kappa shape index (κ3) is 3.74. The van der Waals surface area contributed by atoms with Gasteiger partial charge in [-0.15, -0.1) is 0 Å². The molecule has 2 heteroatoms. The number of amides is 1. The van der Waals surface area contributed by atoms with E-state index < -0.39 is 0 Å². The van der Waals surface area contributed by atoms with Crippen molar-refractivity contribution >= 4 is 5.91 Å². The number of hydrogen-bond donors (Lipinski definition) is 1. The van der Waals surface area contributed by atoms with Gasteiger partial charge in [0.2, 0.25) is 5.91 Å². The summed E-state index contributed by atoms with van der Waals surface area (Å²) in [5.41, 5.74) is 0.117. The van der Waals surface area contributed by atoms with E-state index in [-0.39, 0.29) is 11.4 Å². The molecule has 1 rings (SSSR count). The number of hydrogen-bond acceptors (Lipinski definition) is 1. The average Bonchev–Trinajstić information content (AvgIpc) is 2.38. The maximum Gasteiger partial charge on any atom is 0.217 e. The van der Waals surface area contributed by atoms with Crippen LogP contribution in [0.25, 0.3) is 0 Å². The molecule has 1 aliphatic carbocycles. The van der Waals surface area contributed by atoms with Crippen molar-refractivity contribution in [3.8, 4) is 0 Å². The zero-order chi connectivity index (χ0) is 9.61. The molecule has 1 N–H and O–H groups in total. The predicted molar refractivity (Wildman–Crippen MR) is 52.0 cm³/mol. The van der Waals surface area contributed by atoms with E-state index in [4.69, 9.17) is 0 Å². The van der Waals surface area contributed by atoms with Gasteiger partial charge in [-0.3, -0.25) is 4.79 Å². The first-order valence-electron chi connectivity index (χ1n) is 4.91.